The van der Waals surface area contributed by atoms with E-state index in [9.17, 15) is 9.90 Å². The highest BCUT2D eigenvalue weighted by molar-refractivity contribution is 5.76. The Morgan fingerprint density at radius 3 is 2.74 bits per heavy atom. The summed E-state index contributed by atoms with van der Waals surface area (Å²) in [4.78, 5) is 11.7. The summed E-state index contributed by atoms with van der Waals surface area (Å²) in [7, 11) is 0. The first-order chi connectivity index (χ1) is 9.06. The van der Waals surface area contributed by atoms with Gasteiger partial charge in [0.1, 0.15) is 0 Å². The third-order valence-corrected chi connectivity index (χ3v) is 4.40. The predicted molar refractivity (Wildman–Crippen MR) is 72.0 cm³/mol. The lowest BCUT2D eigenvalue weighted by Crippen LogP contribution is -2.41. The largest absolute Gasteiger partial charge is 0.481 e. The molecule has 1 saturated carbocycles. The Balaban J connectivity index is 1.83. The molecule has 0 amide bonds. The molecule has 4 nitrogen and oxygen atoms in total. The molecule has 2 atom stereocenters. The van der Waals surface area contributed by atoms with Crippen LogP contribution in [0.25, 0.3) is 0 Å². The molecule has 0 radical (unpaired) electrons. The van der Waals surface area contributed by atoms with E-state index in [-0.39, 0.29) is 6.10 Å². The molecule has 2 fully saturated rings. The average Bonchev–Trinajstić information content (AvgIpc) is 3.09. The topological polar surface area (TPSA) is 55.8 Å². The van der Waals surface area contributed by atoms with Crippen LogP contribution in [0.5, 0.6) is 0 Å². The van der Waals surface area contributed by atoms with Crippen molar-refractivity contribution in [2.45, 2.75) is 52.1 Å². The standard InChI is InChI=1S/C15H26O4/c1-11(2)5-8-18-9-6-15(14(16)17)7-10-19-13(15)12-3-4-12/h11-13H,3-10H2,1-2H3,(H,16,17). The van der Waals surface area contributed by atoms with Crippen molar-refractivity contribution in [1.29, 1.82) is 0 Å². The average molecular weight is 270 g/mol. The van der Waals surface area contributed by atoms with Crippen LogP contribution >= 0.6 is 0 Å². The Kier molecular flexibility index (Phi) is 4.85. The number of ether oxygens (including phenoxy) is 2. The van der Waals surface area contributed by atoms with E-state index in [2.05, 4.69) is 13.8 Å². The van der Waals surface area contributed by atoms with Crippen molar-refractivity contribution in [3.05, 3.63) is 0 Å². The monoisotopic (exact) mass is 270 g/mol. The Bertz CT molecular complexity index is 311. The zero-order valence-corrected chi connectivity index (χ0v) is 12.1. The summed E-state index contributed by atoms with van der Waals surface area (Å²) in [6, 6.07) is 0. The maximum absolute atomic E-state index is 11.7. The van der Waals surface area contributed by atoms with Gasteiger partial charge in [-0.25, -0.2) is 0 Å². The lowest BCUT2D eigenvalue weighted by Gasteiger charge is -2.29. The third-order valence-electron chi connectivity index (χ3n) is 4.40. The van der Waals surface area contributed by atoms with Gasteiger partial charge in [0.15, 0.2) is 0 Å². The third kappa shape index (κ3) is 3.48. The lowest BCUT2D eigenvalue weighted by molar-refractivity contribution is -0.155. The normalized spacial score (nSPS) is 31.0. The molecule has 2 aliphatic rings. The number of hydrogen-bond acceptors (Lipinski definition) is 3. The van der Waals surface area contributed by atoms with Gasteiger partial charge in [0, 0.05) is 19.8 Å². The molecule has 2 rings (SSSR count). The fourth-order valence-corrected chi connectivity index (χ4v) is 2.93. The molecule has 1 aliphatic heterocycles. The van der Waals surface area contributed by atoms with Crippen LogP contribution in [0.1, 0.15) is 46.0 Å². The molecule has 0 aromatic heterocycles. The molecule has 1 aliphatic carbocycles. The molecular formula is C15H26O4. The van der Waals surface area contributed by atoms with E-state index in [1.54, 1.807) is 0 Å². The fraction of sp³-hybridized carbons (Fsp3) is 0.933. The maximum atomic E-state index is 11.7. The van der Waals surface area contributed by atoms with E-state index in [0.29, 0.717) is 37.9 Å². The second-order valence-electron chi connectivity index (χ2n) is 6.39. The number of rotatable bonds is 8. The van der Waals surface area contributed by atoms with Crippen LogP contribution in [0.15, 0.2) is 0 Å². The molecular weight excluding hydrogens is 244 g/mol. The van der Waals surface area contributed by atoms with Crippen LogP contribution in [-0.2, 0) is 14.3 Å². The Morgan fingerprint density at radius 2 is 2.16 bits per heavy atom. The molecule has 0 bridgehead atoms. The molecule has 4 heteroatoms. The molecule has 19 heavy (non-hydrogen) atoms. The molecule has 1 saturated heterocycles. The summed E-state index contributed by atoms with van der Waals surface area (Å²) < 4.78 is 11.3. The van der Waals surface area contributed by atoms with Crippen LogP contribution in [0.4, 0.5) is 0 Å². The molecule has 1 heterocycles. The van der Waals surface area contributed by atoms with E-state index in [4.69, 9.17) is 9.47 Å². The fourth-order valence-electron chi connectivity index (χ4n) is 2.93. The van der Waals surface area contributed by atoms with Crippen molar-refractivity contribution in [2.75, 3.05) is 19.8 Å². The summed E-state index contributed by atoms with van der Waals surface area (Å²) in [5.41, 5.74) is -0.695. The van der Waals surface area contributed by atoms with Crippen molar-refractivity contribution in [2.24, 2.45) is 17.3 Å². The first-order valence-corrected chi connectivity index (χ1v) is 7.49. The van der Waals surface area contributed by atoms with Crippen LogP contribution in [0, 0.1) is 17.3 Å². The summed E-state index contributed by atoms with van der Waals surface area (Å²) in [5.74, 6) is 0.395. The van der Waals surface area contributed by atoms with Gasteiger partial charge in [-0.2, -0.15) is 0 Å². The van der Waals surface area contributed by atoms with E-state index in [0.717, 1.165) is 25.9 Å². The summed E-state index contributed by atoms with van der Waals surface area (Å²) in [5, 5.41) is 9.62. The van der Waals surface area contributed by atoms with Gasteiger partial charge in [0.25, 0.3) is 0 Å². The highest BCUT2D eigenvalue weighted by atomic mass is 16.5. The van der Waals surface area contributed by atoms with E-state index in [1.807, 2.05) is 0 Å². The van der Waals surface area contributed by atoms with Crippen molar-refractivity contribution in [3.63, 3.8) is 0 Å². The minimum Gasteiger partial charge on any atom is -0.481 e. The number of carboxylic acid groups (broad SMARTS) is 1. The molecule has 110 valence electrons. The lowest BCUT2D eigenvalue weighted by atomic mass is 9.76. The zero-order valence-electron chi connectivity index (χ0n) is 12.1. The van der Waals surface area contributed by atoms with Crippen molar-refractivity contribution < 1.29 is 19.4 Å². The van der Waals surface area contributed by atoms with Gasteiger partial charge in [0.05, 0.1) is 11.5 Å². The second-order valence-corrected chi connectivity index (χ2v) is 6.39. The smallest absolute Gasteiger partial charge is 0.312 e. The Hall–Kier alpha value is -0.610. The number of carbonyl (C=O) groups is 1. The SMILES string of the molecule is CC(C)CCOCCC1(C(=O)O)CCOC1C1CC1. The Labute approximate surface area is 115 Å². The van der Waals surface area contributed by atoms with Crippen LogP contribution in [0.3, 0.4) is 0 Å². The van der Waals surface area contributed by atoms with Crippen molar-refractivity contribution >= 4 is 5.97 Å². The highest BCUT2D eigenvalue weighted by Crippen LogP contribution is 2.49. The molecule has 0 aromatic rings. The minimum absolute atomic E-state index is 0.0845. The highest BCUT2D eigenvalue weighted by Gasteiger charge is 2.55. The van der Waals surface area contributed by atoms with Gasteiger partial charge < -0.3 is 14.6 Å². The zero-order chi connectivity index (χ0) is 13.9. The Morgan fingerprint density at radius 1 is 1.42 bits per heavy atom. The summed E-state index contributed by atoms with van der Waals surface area (Å²) >= 11 is 0. The first-order valence-electron chi connectivity index (χ1n) is 7.49. The van der Waals surface area contributed by atoms with Gasteiger partial charge in [0.2, 0.25) is 0 Å². The number of carboxylic acids is 1. The predicted octanol–water partition coefficient (Wildman–Crippen LogP) is 2.71. The first kappa shape index (κ1) is 14.8. The van der Waals surface area contributed by atoms with Crippen LogP contribution in [0.2, 0.25) is 0 Å². The number of hydrogen-bond donors (Lipinski definition) is 1. The van der Waals surface area contributed by atoms with Gasteiger partial charge in [-0.3, -0.25) is 4.79 Å². The quantitative estimate of drug-likeness (QED) is 0.689. The van der Waals surface area contributed by atoms with Crippen molar-refractivity contribution in [1.82, 2.24) is 0 Å². The van der Waals surface area contributed by atoms with Gasteiger partial charge in [-0.15, -0.1) is 0 Å². The van der Waals surface area contributed by atoms with E-state index >= 15 is 0 Å². The van der Waals surface area contributed by atoms with Gasteiger partial charge >= 0.3 is 5.97 Å². The second kappa shape index (κ2) is 6.23. The summed E-state index contributed by atoms with van der Waals surface area (Å²) in [6.45, 7) is 6.17. The van der Waals surface area contributed by atoms with Crippen LogP contribution < -0.4 is 0 Å². The number of aliphatic carboxylic acids is 1. The molecule has 1 N–H and O–H groups in total. The van der Waals surface area contributed by atoms with Gasteiger partial charge in [-0.1, -0.05) is 13.8 Å². The molecule has 2 unspecified atom stereocenters. The van der Waals surface area contributed by atoms with Gasteiger partial charge in [-0.05, 0) is 43.9 Å². The summed E-state index contributed by atoms with van der Waals surface area (Å²) in [6.07, 6.45) is 4.40. The minimum atomic E-state index is -0.700. The molecule has 0 aromatic carbocycles. The van der Waals surface area contributed by atoms with E-state index < -0.39 is 11.4 Å². The van der Waals surface area contributed by atoms with E-state index in [1.165, 1.54) is 0 Å². The maximum Gasteiger partial charge on any atom is 0.312 e. The van der Waals surface area contributed by atoms with Crippen molar-refractivity contribution in [3.8, 4) is 0 Å². The van der Waals surface area contributed by atoms with Crippen LogP contribution in [-0.4, -0.2) is 37.0 Å². The molecule has 0 spiro atoms.